The molecule has 160 valence electrons. The number of carbonyl (C=O) groups is 2. The second-order valence-electron chi connectivity index (χ2n) is 6.41. The predicted octanol–water partition coefficient (Wildman–Crippen LogP) is 5.31. The summed E-state index contributed by atoms with van der Waals surface area (Å²) in [5.74, 6) is -0.674. The van der Waals surface area contributed by atoms with Gasteiger partial charge in [0, 0.05) is 11.4 Å². The Balaban J connectivity index is 0.00000272. The number of anilines is 3. The summed E-state index contributed by atoms with van der Waals surface area (Å²) in [6.07, 6.45) is 0. The highest BCUT2D eigenvalue weighted by Gasteiger charge is 2.20. The van der Waals surface area contributed by atoms with E-state index < -0.39 is 0 Å². The molecule has 1 aliphatic rings. The average Bonchev–Trinajstić information content (AvgIpc) is 3.37. The molecule has 4 rings (SSSR count). The van der Waals surface area contributed by atoms with Crippen LogP contribution < -0.4 is 15.5 Å². The average molecular weight is 457 g/mol. The maximum atomic E-state index is 12.8. The summed E-state index contributed by atoms with van der Waals surface area (Å²) in [4.78, 5) is 27.4. The predicted molar refractivity (Wildman–Crippen MR) is 126 cm³/mol. The van der Waals surface area contributed by atoms with Gasteiger partial charge in [-0.15, -0.1) is 11.3 Å². The van der Waals surface area contributed by atoms with Crippen LogP contribution in [0.3, 0.4) is 0 Å². The first-order valence-electron chi connectivity index (χ1n) is 9.07. The number of amides is 2. The van der Waals surface area contributed by atoms with Crippen molar-refractivity contribution in [1.82, 2.24) is 0 Å². The number of hydrogen-bond donors (Lipinski definition) is 3. The van der Waals surface area contributed by atoms with Crippen molar-refractivity contribution in [2.24, 2.45) is 0 Å². The standard InChI is InChI=1S/C21H17ClN4O3S.CH4/c22-18-10-9-17(30-18)20(28)25-16-4-2-1-3-15(16)19(27)24-13-5-7-14(8-6-13)26-11-12-29-21(26)23;/h1-10,23H,11-12H2,(H,24,27)(H,25,28);1H4. The molecule has 2 heterocycles. The number of ether oxygens (including phenoxy) is 1. The van der Waals surface area contributed by atoms with Crippen LogP contribution in [0.1, 0.15) is 27.5 Å². The summed E-state index contributed by atoms with van der Waals surface area (Å²) in [5, 5.41) is 13.4. The van der Waals surface area contributed by atoms with Gasteiger partial charge in [0.2, 0.25) is 0 Å². The summed E-state index contributed by atoms with van der Waals surface area (Å²) in [5.41, 5.74) is 2.16. The van der Waals surface area contributed by atoms with E-state index in [-0.39, 0.29) is 25.3 Å². The lowest BCUT2D eigenvalue weighted by molar-refractivity contribution is 0.102. The van der Waals surface area contributed by atoms with Crippen LogP contribution in [0.2, 0.25) is 4.34 Å². The van der Waals surface area contributed by atoms with Gasteiger partial charge >= 0.3 is 0 Å². The Kier molecular flexibility index (Phi) is 6.94. The highest BCUT2D eigenvalue weighted by Crippen LogP contribution is 2.25. The van der Waals surface area contributed by atoms with Gasteiger partial charge in [0.25, 0.3) is 17.8 Å². The minimum absolute atomic E-state index is 0. The van der Waals surface area contributed by atoms with Crippen LogP contribution in [0.4, 0.5) is 17.1 Å². The van der Waals surface area contributed by atoms with Crippen LogP contribution in [0.25, 0.3) is 0 Å². The summed E-state index contributed by atoms with van der Waals surface area (Å²) in [7, 11) is 0. The zero-order valence-electron chi connectivity index (χ0n) is 15.6. The fraction of sp³-hybridized carbons (Fsp3) is 0.136. The third-order valence-corrected chi connectivity index (χ3v) is 5.68. The SMILES string of the molecule is C.N=C1OCCN1c1ccc(NC(=O)c2ccccc2NC(=O)c2ccc(Cl)s2)cc1. The highest BCUT2D eigenvalue weighted by molar-refractivity contribution is 7.18. The van der Waals surface area contributed by atoms with Crippen LogP contribution in [-0.2, 0) is 4.74 Å². The summed E-state index contributed by atoms with van der Waals surface area (Å²) >= 11 is 7.06. The van der Waals surface area contributed by atoms with Crippen LogP contribution in [0.15, 0.2) is 60.7 Å². The zero-order valence-corrected chi connectivity index (χ0v) is 17.2. The minimum atomic E-state index is -0.347. The van der Waals surface area contributed by atoms with Crippen LogP contribution in [0, 0.1) is 5.41 Å². The zero-order chi connectivity index (χ0) is 21.1. The monoisotopic (exact) mass is 456 g/mol. The molecule has 1 fully saturated rings. The number of benzene rings is 2. The lowest BCUT2D eigenvalue weighted by Gasteiger charge is -2.15. The second kappa shape index (κ2) is 9.63. The molecule has 31 heavy (non-hydrogen) atoms. The molecule has 0 bridgehead atoms. The van der Waals surface area contributed by atoms with E-state index in [1.807, 2.05) is 12.1 Å². The van der Waals surface area contributed by atoms with Crippen molar-refractivity contribution in [2.45, 2.75) is 7.43 Å². The third-order valence-electron chi connectivity index (χ3n) is 4.45. The van der Waals surface area contributed by atoms with Gasteiger partial charge in [-0.25, -0.2) is 0 Å². The Morgan fingerprint density at radius 3 is 2.39 bits per heavy atom. The van der Waals surface area contributed by atoms with E-state index in [4.69, 9.17) is 21.7 Å². The molecule has 9 heteroatoms. The number of nitrogens with zero attached hydrogens (tertiary/aromatic N) is 1. The fourth-order valence-electron chi connectivity index (χ4n) is 2.99. The maximum Gasteiger partial charge on any atom is 0.289 e. The van der Waals surface area contributed by atoms with Gasteiger partial charge < -0.3 is 15.4 Å². The van der Waals surface area contributed by atoms with Gasteiger partial charge in [-0.1, -0.05) is 31.2 Å². The van der Waals surface area contributed by atoms with Crippen LogP contribution in [-0.4, -0.2) is 31.0 Å². The number of halogens is 1. The van der Waals surface area contributed by atoms with Crippen molar-refractivity contribution >= 4 is 57.8 Å². The van der Waals surface area contributed by atoms with Gasteiger partial charge in [0.05, 0.1) is 27.0 Å². The largest absolute Gasteiger partial charge is 0.463 e. The Morgan fingerprint density at radius 2 is 1.74 bits per heavy atom. The van der Waals surface area contributed by atoms with Crippen molar-refractivity contribution < 1.29 is 14.3 Å². The first-order valence-corrected chi connectivity index (χ1v) is 10.3. The van der Waals surface area contributed by atoms with Gasteiger partial charge in [0.15, 0.2) is 0 Å². The molecule has 1 aromatic heterocycles. The number of thiophene rings is 1. The number of amidine groups is 1. The lowest BCUT2D eigenvalue weighted by Crippen LogP contribution is -2.23. The quantitative estimate of drug-likeness (QED) is 0.484. The molecule has 1 saturated heterocycles. The normalized spacial score (nSPS) is 12.7. The van der Waals surface area contributed by atoms with Crippen molar-refractivity contribution in [3.8, 4) is 0 Å². The summed E-state index contributed by atoms with van der Waals surface area (Å²) in [6, 6.07) is 17.3. The van der Waals surface area contributed by atoms with Gasteiger partial charge in [-0.3, -0.25) is 19.9 Å². The van der Waals surface area contributed by atoms with Crippen molar-refractivity contribution in [1.29, 1.82) is 5.41 Å². The summed E-state index contributed by atoms with van der Waals surface area (Å²) in [6.45, 7) is 1.10. The summed E-state index contributed by atoms with van der Waals surface area (Å²) < 4.78 is 5.67. The molecule has 0 aliphatic carbocycles. The molecule has 0 radical (unpaired) electrons. The van der Waals surface area contributed by atoms with E-state index in [0.29, 0.717) is 39.3 Å². The molecule has 3 aromatic rings. The third kappa shape index (κ3) is 5.04. The van der Waals surface area contributed by atoms with E-state index in [2.05, 4.69) is 10.6 Å². The van der Waals surface area contributed by atoms with E-state index in [1.165, 1.54) is 11.3 Å². The highest BCUT2D eigenvalue weighted by atomic mass is 35.5. The minimum Gasteiger partial charge on any atom is -0.463 e. The van der Waals surface area contributed by atoms with E-state index in [1.54, 1.807) is 53.4 Å². The number of para-hydroxylation sites is 1. The molecule has 2 amide bonds. The molecule has 3 N–H and O–H groups in total. The van der Waals surface area contributed by atoms with Crippen molar-refractivity contribution in [3.63, 3.8) is 0 Å². The fourth-order valence-corrected chi connectivity index (χ4v) is 3.93. The molecule has 0 saturated carbocycles. The molecule has 0 atom stereocenters. The lowest BCUT2D eigenvalue weighted by atomic mass is 10.1. The maximum absolute atomic E-state index is 12.8. The van der Waals surface area contributed by atoms with Crippen LogP contribution >= 0.6 is 22.9 Å². The molecule has 2 aromatic carbocycles. The van der Waals surface area contributed by atoms with Gasteiger partial charge in [0.1, 0.15) is 6.61 Å². The number of hydrogen-bond acceptors (Lipinski definition) is 5. The van der Waals surface area contributed by atoms with Gasteiger partial charge in [-0.05, 0) is 48.5 Å². The van der Waals surface area contributed by atoms with Gasteiger partial charge in [-0.2, -0.15) is 0 Å². The Bertz CT molecular complexity index is 1110. The molecule has 0 unspecified atom stereocenters. The van der Waals surface area contributed by atoms with E-state index in [9.17, 15) is 9.59 Å². The number of nitrogens with one attached hydrogen (secondary N) is 3. The van der Waals surface area contributed by atoms with E-state index in [0.717, 1.165) is 5.69 Å². The van der Waals surface area contributed by atoms with E-state index >= 15 is 0 Å². The Morgan fingerprint density at radius 1 is 1.00 bits per heavy atom. The second-order valence-corrected chi connectivity index (χ2v) is 8.12. The molecular weight excluding hydrogens is 436 g/mol. The topological polar surface area (TPSA) is 94.5 Å². The molecule has 1 aliphatic heterocycles. The van der Waals surface area contributed by atoms with Crippen molar-refractivity contribution in [2.75, 3.05) is 28.7 Å². The molecular formula is C22H21ClN4O3S. The molecule has 0 spiro atoms. The Hall–Kier alpha value is -3.36. The number of carbonyl (C=O) groups excluding carboxylic acids is 2. The Labute approximate surface area is 189 Å². The smallest absolute Gasteiger partial charge is 0.289 e. The number of rotatable bonds is 5. The first kappa shape index (κ1) is 22.3. The van der Waals surface area contributed by atoms with Crippen molar-refractivity contribution in [3.05, 3.63) is 75.4 Å². The molecule has 7 nitrogen and oxygen atoms in total. The first-order chi connectivity index (χ1) is 14.5. The van der Waals surface area contributed by atoms with Crippen LogP contribution in [0.5, 0.6) is 0 Å².